The lowest BCUT2D eigenvalue weighted by atomic mass is 9.45. The number of nitrogens with zero attached hydrogens (tertiary/aromatic N) is 1. The van der Waals surface area contributed by atoms with E-state index in [0.717, 1.165) is 62.5 Å². The van der Waals surface area contributed by atoms with Gasteiger partial charge in [0, 0.05) is 30.0 Å². The van der Waals surface area contributed by atoms with Crippen LogP contribution in [-0.4, -0.2) is 29.8 Å². The van der Waals surface area contributed by atoms with E-state index in [1.807, 2.05) is 25.2 Å². The van der Waals surface area contributed by atoms with Crippen LogP contribution >= 0.6 is 0 Å². The average Bonchev–Trinajstić information content (AvgIpc) is 3.16. The maximum Gasteiger partial charge on any atom is 0.254 e. The topological polar surface area (TPSA) is 63.4 Å². The molecule has 0 aromatic heterocycles. The van der Waals surface area contributed by atoms with Crippen molar-refractivity contribution >= 4 is 17.4 Å². The highest BCUT2D eigenvalue weighted by Gasteiger charge is 2.63. The molecule has 1 aromatic rings. The Balaban J connectivity index is 1.63. The zero-order valence-corrected chi connectivity index (χ0v) is 20.8. The third-order valence-corrected chi connectivity index (χ3v) is 10.5. The molecule has 33 heavy (non-hydrogen) atoms. The van der Waals surface area contributed by atoms with Gasteiger partial charge in [-0.15, -0.1) is 0 Å². The van der Waals surface area contributed by atoms with Gasteiger partial charge in [-0.05, 0) is 79.3 Å². The molecule has 0 saturated heterocycles. The van der Waals surface area contributed by atoms with Gasteiger partial charge < -0.3 is 10.6 Å². The number of amides is 2. The van der Waals surface area contributed by atoms with E-state index >= 15 is 0 Å². The minimum Gasteiger partial charge on any atom is -0.369 e. The molecule has 2 amide bonds. The van der Waals surface area contributed by atoms with Crippen LogP contribution in [0, 0.1) is 34.5 Å². The van der Waals surface area contributed by atoms with Crippen molar-refractivity contribution in [3.8, 4) is 0 Å². The summed E-state index contributed by atoms with van der Waals surface area (Å²) in [5.41, 5.74) is 9.32. The van der Waals surface area contributed by atoms with Crippen molar-refractivity contribution in [2.45, 2.75) is 78.2 Å². The average molecular weight is 449 g/mol. The van der Waals surface area contributed by atoms with E-state index in [1.54, 1.807) is 0 Å². The second-order valence-electron chi connectivity index (χ2n) is 11.7. The van der Waals surface area contributed by atoms with Gasteiger partial charge in [0.25, 0.3) is 5.91 Å². The summed E-state index contributed by atoms with van der Waals surface area (Å²) < 4.78 is 0. The second kappa shape index (κ2) is 7.99. The van der Waals surface area contributed by atoms with E-state index in [-0.39, 0.29) is 34.6 Å². The summed E-state index contributed by atoms with van der Waals surface area (Å²) in [7, 11) is 2.03. The van der Waals surface area contributed by atoms with Crippen molar-refractivity contribution in [3.05, 3.63) is 41.5 Å². The third kappa shape index (κ3) is 3.08. The van der Waals surface area contributed by atoms with Crippen molar-refractivity contribution in [1.82, 2.24) is 4.90 Å². The first kappa shape index (κ1) is 22.7. The Kier molecular flexibility index (Phi) is 5.49. The highest BCUT2D eigenvalue weighted by atomic mass is 16.2. The maximum absolute atomic E-state index is 13.7. The summed E-state index contributed by atoms with van der Waals surface area (Å²) in [6.45, 7) is 7.07. The molecule has 3 fully saturated rings. The molecule has 2 N–H and O–H groups in total. The number of hydrogen-bond acceptors (Lipinski definition) is 2. The van der Waals surface area contributed by atoms with Crippen molar-refractivity contribution in [3.63, 3.8) is 0 Å². The molecule has 7 atom stereocenters. The molecule has 3 saturated carbocycles. The first-order chi connectivity index (χ1) is 15.7. The second-order valence-corrected chi connectivity index (χ2v) is 11.7. The van der Waals surface area contributed by atoms with Crippen LogP contribution in [0.15, 0.2) is 35.9 Å². The van der Waals surface area contributed by atoms with E-state index in [2.05, 4.69) is 37.8 Å². The summed E-state index contributed by atoms with van der Waals surface area (Å²) in [5.74, 6) is 1.85. The molecule has 2 unspecified atom stereocenters. The van der Waals surface area contributed by atoms with Crippen LogP contribution < -0.4 is 5.73 Å². The minimum atomic E-state index is -0.0979. The fourth-order valence-corrected chi connectivity index (χ4v) is 9.08. The van der Waals surface area contributed by atoms with E-state index in [4.69, 9.17) is 5.73 Å². The molecule has 1 heterocycles. The number of likely N-dealkylation sites (N-methyl/N-ethyl adjacent to an activating group) is 1. The van der Waals surface area contributed by atoms with Crippen LogP contribution in [0.2, 0.25) is 0 Å². The van der Waals surface area contributed by atoms with Gasteiger partial charge in [-0.3, -0.25) is 9.59 Å². The Bertz CT molecular complexity index is 985. The van der Waals surface area contributed by atoms with Crippen LogP contribution in [0.1, 0.15) is 77.7 Å². The molecule has 178 valence electrons. The SMILES string of the molecule is CCCC1=C(c2ccccc2)C(=O)N(C)C2CC[C@@H]3[C@@H](CC[C@]4(C)C(C(N)=O)CC[C@@H]34)[C@@]12C. The zero-order valence-electron chi connectivity index (χ0n) is 20.8. The van der Waals surface area contributed by atoms with Crippen LogP contribution in [0.4, 0.5) is 0 Å². The first-order valence-electron chi connectivity index (χ1n) is 13.1. The number of fused-ring (bicyclic) bond motifs is 5. The molecule has 4 nitrogen and oxygen atoms in total. The summed E-state index contributed by atoms with van der Waals surface area (Å²) in [4.78, 5) is 28.1. The molecule has 3 aliphatic carbocycles. The van der Waals surface area contributed by atoms with Crippen molar-refractivity contribution in [2.24, 2.45) is 40.2 Å². The lowest BCUT2D eigenvalue weighted by Crippen LogP contribution is -2.62. The Morgan fingerprint density at radius 3 is 2.45 bits per heavy atom. The lowest BCUT2D eigenvalue weighted by molar-refractivity contribution is -0.142. The van der Waals surface area contributed by atoms with Crippen molar-refractivity contribution in [1.29, 1.82) is 0 Å². The van der Waals surface area contributed by atoms with Gasteiger partial charge in [-0.1, -0.05) is 57.5 Å². The minimum absolute atomic E-state index is 0.0150. The molecule has 0 bridgehead atoms. The van der Waals surface area contributed by atoms with Gasteiger partial charge in [0.15, 0.2) is 0 Å². The summed E-state index contributed by atoms with van der Waals surface area (Å²) in [6, 6.07) is 10.6. The summed E-state index contributed by atoms with van der Waals surface area (Å²) in [5, 5.41) is 0. The van der Waals surface area contributed by atoms with E-state index < -0.39 is 0 Å². The Morgan fingerprint density at radius 1 is 1.06 bits per heavy atom. The van der Waals surface area contributed by atoms with E-state index in [0.29, 0.717) is 17.8 Å². The van der Waals surface area contributed by atoms with Crippen LogP contribution in [-0.2, 0) is 9.59 Å². The predicted octanol–water partition coefficient (Wildman–Crippen LogP) is 5.43. The smallest absolute Gasteiger partial charge is 0.254 e. The molecule has 5 rings (SSSR count). The van der Waals surface area contributed by atoms with Gasteiger partial charge in [-0.25, -0.2) is 0 Å². The zero-order chi connectivity index (χ0) is 23.5. The van der Waals surface area contributed by atoms with Crippen LogP contribution in [0.3, 0.4) is 0 Å². The number of primary amides is 1. The van der Waals surface area contributed by atoms with Gasteiger partial charge >= 0.3 is 0 Å². The molecule has 1 aromatic carbocycles. The molecular weight excluding hydrogens is 408 g/mol. The quantitative estimate of drug-likeness (QED) is 0.668. The fraction of sp³-hybridized carbons (Fsp3) is 0.655. The van der Waals surface area contributed by atoms with E-state index in [9.17, 15) is 9.59 Å². The van der Waals surface area contributed by atoms with Gasteiger partial charge in [0.2, 0.25) is 5.91 Å². The number of benzene rings is 1. The molecule has 4 heteroatoms. The monoisotopic (exact) mass is 448 g/mol. The van der Waals surface area contributed by atoms with Crippen LogP contribution in [0.5, 0.6) is 0 Å². The van der Waals surface area contributed by atoms with Gasteiger partial charge in [0.1, 0.15) is 0 Å². The summed E-state index contributed by atoms with van der Waals surface area (Å²) >= 11 is 0. The van der Waals surface area contributed by atoms with Gasteiger partial charge in [0.05, 0.1) is 0 Å². The Labute approximate surface area is 199 Å². The number of carbonyl (C=O) groups is 2. The Hall–Kier alpha value is -2.10. The van der Waals surface area contributed by atoms with Gasteiger partial charge in [-0.2, -0.15) is 0 Å². The Morgan fingerprint density at radius 2 is 1.79 bits per heavy atom. The number of rotatable bonds is 4. The maximum atomic E-state index is 13.7. The van der Waals surface area contributed by atoms with E-state index in [1.165, 1.54) is 5.57 Å². The first-order valence-corrected chi connectivity index (χ1v) is 13.1. The largest absolute Gasteiger partial charge is 0.369 e. The lowest BCUT2D eigenvalue weighted by Gasteiger charge is -2.62. The molecule has 4 aliphatic rings. The predicted molar refractivity (Wildman–Crippen MR) is 132 cm³/mol. The summed E-state index contributed by atoms with van der Waals surface area (Å²) in [6.07, 6.45) is 8.53. The molecular formula is C29H40N2O2. The normalized spacial score (nSPS) is 40.3. The van der Waals surface area contributed by atoms with Crippen LogP contribution in [0.25, 0.3) is 5.57 Å². The fourth-order valence-electron chi connectivity index (χ4n) is 9.08. The molecule has 0 radical (unpaired) electrons. The molecule has 0 spiro atoms. The highest BCUT2D eigenvalue weighted by molar-refractivity contribution is 6.21. The van der Waals surface area contributed by atoms with Crippen molar-refractivity contribution in [2.75, 3.05) is 7.05 Å². The number of hydrogen-bond donors (Lipinski definition) is 1. The number of nitrogens with two attached hydrogens (primary N) is 1. The number of carbonyl (C=O) groups excluding carboxylic acids is 2. The molecule has 1 aliphatic heterocycles. The van der Waals surface area contributed by atoms with Crippen molar-refractivity contribution < 1.29 is 9.59 Å². The highest BCUT2D eigenvalue weighted by Crippen LogP contribution is 2.67. The standard InChI is InChI=1S/C29H40N2O2/c1-5-9-22-25(18-10-7-6-8-11-18)27(33)31(4)24-15-12-19-20-13-14-23(26(30)32)28(20,2)17-16-21(19)29(22,24)3/h6-8,10-11,19-21,23-24H,5,9,12-17H2,1-4H3,(H2,30,32)/t19-,20-,21+,23?,24?,28-,29-/m0/s1. The third-order valence-electron chi connectivity index (χ3n) is 10.5.